The van der Waals surface area contributed by atoms with Gasteiger partial charge in [-0.05, 0) is 42.3 Å². The quantitative estimate of drug-likeness (QED) is 0.918. The smallest absolute Gasteiger partial charge is 0.0992 e. The molecule has 4 heteroatoms. The fourth-order valence-electron chi connectivity index (χ4n) is 1.85. The van der Waals surface area contributed by atoms with Crippen molar-refractivity contribution < 1.29 is 0 Å². The van der Waals surface area contributed by atoms with Crippen molar-refractivity contribution in [3.05, 3.63) is 58.4 Å². The molecule has 0 saturated carbocycles. The molecule has 3 nitrogen and oxygen atoms in total. The van der Waals surface area contributed by atoms with Gasteiger partial charge in [-0.3, -0.25) is 0 Å². The van der Waals surface area contributed by atoms with Crippen LogP contribution in [0.4, 0.5) is 0 Å². The lowest BCUT2D eigenvalue weighted by Gasteiger charge is -2.06. The topological polar surface area (TPSA) is 54.7 Å². The summed E-state index contributed by atoms with van der Waals surface area (Å²) in [6, 6.07) is 9.51. The highest BCUT2D eigenvalue weighted by atomic mass is 35.5. The lowest BCUT2D eigenvalue weighted by Crippen LogP contribution is -2.02. The predicted molar refractivity (Wildman–Crippen MR) is 72.5 cm³/mol. The first-order valence-corrected chi connectivity index (χ1v) is 6.14. The van der Waals surface area contributed by atoms with Crippen LogP contribution in [0.2, 0.25) is 5.02 Å². The lowest BCUT2D eigenvalue weighted by molar-refractivity contribution is 0.800. The molecule has 0 spiro atoms. The predicted octanol–water partition coefficient (Wildman–Crippen LogP) is 2.56. The number of hydrogen-bond donors (Lipinski definition) is 1. The van der Waals surface area contributed by atoms with E-state index in [9.17, 15) is 0 Å². The minimum Gasteiger partial charge on any atom is -0.350 e. The maximum Gasteiger partial charge on any atom is 0.0992 e. The van der Waals surface area contributed by atoms with E-state index >= 15 is 0 Å². The van der Waals surface area contributed by atoms with Crippen LogP contribution in [0.1, 0.15) is 16.7 Å². The van der Waals surface area contributed by atoms with Gasteiger partial charge < -0.3 is 10.3 Å². The van der Waals surface area contributed by atoms with E-state index in [1.54, 1.807) is 12.1 Å². The van der Waals surface area contributed by atoms with Crippen molar-refractivity contribution in [1.29, 1.82) is 5.26 Å². The number of hydrogen-bond acceptors (Lipinski definition) is 2. The number of aromatic nitrogens is 1. The first-order valence-electron chi connectivity index (χ1n) is 5.76. The third-order valence-electron chi connectivity index (χ3n) is 2.78. The Balaban J connectivity index is 2.15. The summed E-state index contributed by atoms with van der Waals surface area (Å²) in [5, 5.41) is 9.41. The molecule has 0 fully saturated rings. The molecule has 2 N–H and O–H groups in total. The molecule has 0 aliphatic carbocycles. The summed E-state index contributed by atoms with van der Waals surface area (Å²) in [4.78, 5) is 0. The van der Waals surface area contributed by atoms with Crippen molar-refractivity contribution in [3.8, 4) is 6.07 Å². The van der Waals surface area contributed by atoms with Gasteiger partial charge >= 0.3 is 0 Å². The van der Waals surface area contributed by atoms with E-state index in [4.69, 9.17) is 22.6 Å². The molecule has 0 bridgehead atoms. The highest BCUT2D eigenvalue weighted by Crippen LogP contribution is 2.19. The zero-order valence-corrected chi connectivity index (χ0v) is 10.7. The van der Waals surface area contributed by atoms with Crippen LogP contribution in [-0.4, -0.2) is 11.1 Å². The molecule has 2 rings (SSSR count). The van der Waals surface area contributed by atoms with Crippen LogP contribution in [-0.2, 0) is 13.0 Å². The largest absolute Gasteiger partial charge is 0.350 e. The Bertz CT molecular complexity index is 581. The van der Waals surface area contributed by atoms with Crippen LogP contribution in [0.15, 0.2) is 36.7 Å². The van der Waals surface area contributed by atoms with Gasteiger partial charge in [0.05, 0.1) is 11.6 Å². The molecule has 2 aromatic rings. The summed E-state index contributed by atoms with van der Waals surface area (Å²) in [5.74, 6) is 0. The van der Waals surface area contributed by atoms with Gasteiger partial charge in [-0.15, -0.1) is 0 Å². The molecule has 1 aromatic heterocycles. The Morgan fingerprint density at radius 3 is 2.83 bits per heavy atom. The molecular formula is C14H14ClN3. The SMILES string of the molecule is N#Cc1ccc(Cn2ccc(CCN)c2)c(Cl)c1. The summed E-state index contributed by atoms with van der Waals surface area (Å²) >= 11 is 6.14. The van der Waals surface area contributed by atoms with Crippen molar-refractivity contribution >= 4 is 11.6 Å². The number of halogens is 1. The molecular weight excluding hydrogens is 246 g/mol. The Morgan fingerprint density at radius 1 is 1.33 bits per heavy atom. The Hall–Kier alpha value is -1.76. The van der Waals surface area contributed by atoms with Gasteiger partial charge in [-0.25, -0.2) is 0 Å². The first-order chi connectivity index (χ1) is 8.72. The third kappa shape index (κ3) is 2.92. The summed E-state index contributed by atoms with van der Waals surface area (Å²) in [6.07, 6.45) is 4.97. The van der Waals surface area contributed by atoms with E-state index < -0.39 is 0 Å². The van der Waals surface area contributed by atoms with Gasteiger partial charge in [0.25, 0.3) is 0 Å². The highest BCUT2D eigenvalue weighted by Gasteiger charge is 2.03. The van der Waals surface area contributed by atoms with E-state index in [0.717, 1.165) is 12.0 Å². The van der Waals surface area contributed by atoms with E-state index in [1.807, 2.05) is 12.3 Å². The van der Waals surface area contributed by atoms with Gasteiger partial charge in [-0.2, -0.15) is 5.26 Å². The summed E-state index contributed by atoms with van der Waals surface area (Å²) in [7, 11) is 0. The third-order valence-corrected chi connectivity index (χ3v) is 3.13. The van der Waals surface area contributed by atoms with Crippen LogP contribution < -0.4 is 5.73 Å². The molecule has 1 heterocycles. The van der Waals surface area contributed by atoms with E-state index in [1.165, 1.54) is 5.56 Å². The number of nitrogens with two attached hydrogens (primary N) is 1. The minimum absolute atomic E-state index is 0.583. The minimum atomic E-state index is 0.583. The van der Waals surface area contributed by atoms with Gasteiger partial charge in [0.15, 0.2) is 0 Å². The van der Waals surface area contributed by atoms with Gasteiger partial charge in [0.1, 0.15) is 0 Å². The second-order valence-corrected chi connectivity index (χ2v) is 4.56. The number of nitriles is 1. The summed E-state index contributed by atoms with van der Waals surface area (Å²) in [6.45, 7) is 1.36. The Labute approximate surface area is 111 Å². The molecule has 1 aromatic carbocycles. The van der Waals surface area contributed by atoms with E-state index in [0.29, 0.717) is 23.7 Å². The van der Waals surface area contributed by atoms with E-state index in [-0.39, 0.29) is 0 Å². The molecule has 0 radical (unpaired) electrons. The zero-order valence-electron chi connectivity index (χ0n) is 9.94. The summed E-state index contributed by atoms with van der Waals surface area (Å²) in [5.41, 5.74) is 8.33. The maximum absolute atomic E-state index is 8.78. The Kier molecular flexibility index (Phi) is 4.03. The van der Waals surface area contributed by atoms with Crippen molar-refractivity contribution in [2.75, 3.05) is 6.54 Å². The molecule has 18 heavy (non-hydrogen) atoms. The normalized spacial score (nSPS) is 10.3. The van der Waals surface area contributed by atoms with Crippen LogP contribution in [0, 0.1) is 11.3 Å². The fraction of sp³-hybridized carbons (Fsp3) is 0.214. The Morgan fingerprint density at radius 2 is 2.17 bits per heavy atom. The molecule has 0 atom stereocenters. The summed E-state index contributed by atoms with van der Waals surface area (Å²) < 4.78 is 2.07. The van der Waals surface area contributed by atoms with Gasteiger partial charge in [0, 0.05) is 24.0 Å². The molecule has 92 valence electrons. The standard InChI is InChI=1S/C14H14ClN3/c15-14-7-12(8-17)1-2-13(14)10-18-6-4-11(9-18)3-5-16/h1-2,4,6-7,9H,3,5,10,16H2. The van der Waals surface area contributed by atoms with Gasteiger partial charge in [0.2, 0.25) is 0 Å². The van der Waals surface area contributed by atoms with Crippen LogP contribution >= 0.6 is 11.6 Å². The van der Waals surface area contributed by atoms with Crippen molar-refractivity contribution in [2.45, 2.75) is 13.0 Å². The number of nitrogens with zero attached hydrogens (tertiary/aromatic N) is 2. The molecule has 0 amide bonds. The molecule has 0 aliphatic rings. The average Bonchev–Trinajstić information content (AvgIpc) is 2.80. The number of rotatable bonds is 4. The second kappa shape index (κ2) is 5.72. The number of benzene rings is 1. The van der Waals surface area contributed by atoms with Gasteiger partial charge in [-0.1, -0.05) is 17.7 Å². The first kappa shape index (κ1) is 12.7. The molecule has 0 unspecified atom stereocenters. The van der Waals surface area contributed by atoms with E-state index in [2.05, 4.69) is 22.9 Å². The van der Waals surface area contributed by atoms with Crippen molar-refractivity contribution in [1.82, 2.24) is 4.57 Å². The maximum atomic E-state index is 8.78. The highest BCUT2D eigenvalue weighted by molar-refractivity contribution is 6.31. The van der Waals surface area contributed by atoms with Crippen LogP contribution in [0.3, 0.4) is 0 Å². The van der Waals surface area contributed by atoms with Crippen LogP contribution in [0.25, 0.3) is 0 Å². The molecule has 0 saturated heterocycles. The van der Waals surface area contributed by atoms with Crippen molar-refractivity contribution in [2.24, 2.45) is 5.73 Å². The molecule has 0 aliphatic heterocycles. The average molecular weight is 260 g/mol. The monoisotopic (exact) mass is 259 g/mol. The zero-order chi connectivity index (χ0) is 13.0. The van der Waals surface area contributed by atoms with Crippen LogP contribution in [0.5, 0.6) is 0 Å². The lowest BCUT2D eigenvalue weighted by atomic mass is 10.1. The van der Waals surface area contributed by atoms with Crippen molar-refractivity contribution in [3.63, 3.8) is 0 Å². The second-order valence-electron chi connectivity index (χ2n) is 4.15. The fourth-order valence-corrected chi connectivity index (χ4v) is 2.09.